The van der Waals surface area contributed by atoms with Gasteiger partial charge in [0.2, 0.25) is 0 Å². The van der Waals surface area contributed by atoms with Gasteiger partial charge in [-0.3, -0.25) is 23.7 Å². The number of aromatic amines is 2. The minimum Gasteiger partial charge on any atom is -0.361 e. The molecule has 338 valence electrons. The molecule has 0 fully saturated rings. The van der Waals surface area contributed by atoms with Crippen molar-refractivity contribution in [1.82, 2.24) is 59.7 Å². The summed E-state index contributed by atoms with van der Waals surface area (Å²) in [6.07, 6.45) is 11.4. The van der Waals surface area contributed by atoms with Gasteiger partial charge in [0.25, 0.3) is 5.91 Å². The molecule has 1 aliphatic rings. The van der Waals surface area contributed by atoms with Gasteiger partial charge in [0.05, 0.1) is 34.6 Å². The number of carbonyl (C=O) groups is 3. The van der Waals surface area contributed by atoms with E-state index in [2.05, 4.69) is 72.3 Å². The number of nitrogens with zero attached hydrogens (tertiary/aromatic N) is 9. The minimum absolute atomic E-state index is 0.0248. The fraction of sp³-hybridized carbons (Fsp3) is 0.220. The van der Waals surface area contributed by atoms with Gasteiger partial charge in [0.1, 0.15) is 17.5 Å². The third kappa shape index (κ3) is 9.03. The van der Waals surface area contributed by atoms with E-state index < -0.39 is 11.8 Å². The number of halogens is 1. The average Bonchev–Trinajstić information content (AvgIpc) is 4.13. The molecule has 7 heterocycles. The van der Waals surface area contributed by atoms with Crippen LogP contribution in [0.2, 0.25) is 0 Å². The van der Waals surface area contributed by atoms with Crippen molar-refractivity contribution >= 4 is 40.0 Å². The summed E-state index contributed by atoms with van der Waals surface area (Å²) in [6.45, 7) is 9.48. The van der Waals surface area contributed by atoms with Crippen molar-refractivity contribution in [2.75, 3.05) is 6.54 Å². The van der Waals surface area contributed by atoms with Crippen LogP contribution in [-0.4, -0.2) is 78.6 Å². The molecule has 5 N–H and O–H groups in total. The normalized spacial score (nSPS) is 12.6. The molecule has 3 aromatic carbocycles. The van der Waals surface area contributed by atoms with Gasteiger partial charge in [-0.2, -0.15) is 10.2 Å². The lowest BCUT2D eigenvalue weighted by Crippen LogP contribution is -2.37. The monoisotopic (exact) mass is 897 g/mol. The number of carbonyl (C=O) groups excluding carboxylic acids is 3. The molecule has 3 amide bonds. The quantitative estimate of drug-likeness (QED) is 0.115. The summed E-state index contributed by atoms with van der Waals surface area (Å²) in [4.78, 5) is 61.8. The highest BCUT2D eigenvalue weighted by Crippen LogP contribution is 2.33. The zero-order valence-corrected chi connectivity index (χ0v) is 37.8. The summed E-state index contributed by atoms with van der Waals surface area (Å²) < 4.78 is 18.8. The molecule has 9 aromatic rings. The largest absolute Gasteiger partial charge is 0.361 e. The Hall–Kier alpha value is -8.34. The van der Waals surface area contributed by atoms with E-state index >= 15 is 4.39 Å². The van der Waals surface area contributed by atoms with Gasteiger partial charge < -0.3 is 25.9 Å². The van der Waals surface area contributed by atoms with E-state index in [9.17, 15) is 14.4 Å². The molecule has 16 nitrogen and oxygen atoms in total. The first kappa shape index (κ1) is 43.9. The third-order valence-electron chi connectivity index (χ3n) is 11.9. The highest BCUT2D eigenvalue weighted by Gasteiger charge is 2.27. The number of nitrogens with one attached hydrogen (secondary N) is 3. The molecule has 0 aliphatic carbocycles. The number of hydrogen-bond donors (Lipinski definition) is 4. The van der Waals surface area contributed by atoms with E-state index in [1.807, 2.05) is 81.9 Å². The van der Waals surface area contributed by atoms with Crippen LogP contribution in [0.3, 0.4) is 0 Å². The molecule has 0 radical (unpaired) electrons. The number of H-pyrrole nitrogens is 2. The molecule has 10 rings (SSSR count). The van der Waals surface area contributed by atoms with Crippen LogP contribution in [-0.2, 0) is 48.6 Å². The number of aromatic nitrogens is 10. The van der Waals surface area contributed by atoms with Gasteiger partial charge in [-0.25, -0.2) is 24.3 Å². The zero-order valence-electron chi connectivity index (χ0n) is 37.8. The van der Waals surface area contributed by atoms with Gasteiger partial charge in [-0.15, -0.1) is 0 Å². The van der Waals surface area contributed by atoms with Crippen LogP contribution in [0.1, 0.15) is 58.9 Å². The van der Waals surface area contributed by atoms with Crippen LogP contribution < -0.4 is 11.1 Å². The van der Waals surface area contributed by atoms with Crippen LogP contribution in [0.5, 0.6) is 0 Å². The predicted octanol–water partition coefficient (Wildman–Crippen LogP) is 7.10. The number of aryl methyl sites for hydroxylation is 3. The standard InChI is InChI=1S/C30H29FN6O.C20H19N7O2/c1-30(2,3)22-7-8-24-19(13-22)10-12-37(29(24)38)17-20-6-5-18(14-25(20)31)23-9-11-32-28-26(23)34-27(35-28)21-15-33-36(4)16-21;1-11-7-12(3-4-13(11)8-23-20(29)17(21)28)15-5-6-22-19-16(15)25-18(26-19)14-9-24-27(2)10-14/h5-9,11,13-16H,10,12,17H2,1-4H3,(H,32,34,35);3-7,9-10H,8H2,1-2H3,(H2,21,28)(H,23,29)(H,22,25,26). The molecule has 0 saturated carbocycles. The lowest BCUT2D eigenvalue weighted by Gasteiger charge is -2.30. The summed E-state index contributed by atoms with van der Waals surface area (Å²) in [5, 5.41) is 10.9. The van der Waals surface area contributed by atoms with Gasteiger partial charge in [-0.1, -0.05) is 63.2 Å². The number of primary amides is 1. The minimum atomic E-state index is -0.998. The molecule has 1 aliphatic heterocycles. The van der Waals surface area contributed by atoms with Crippen molar-refractivity contribution in [3.63, 3.8) is 0 Å². The van der Waals surface area contributed by atoms with Gasteiger partial charge in [0, 0.05) is 80.8 Å². The molecule has 0 spiro atoms. The summed E-state index contributed by atoms with van der Waals surface area (Å²) in [5.41, 5.74) is 18.3. The highest BCUT2D eigenvalue weighted by molar-refractivity contribution is 6.34. The van der Waals surface area contributed by atoms with Crippen LogP contribution in [0, 0.1) is 12.7 Å². The molecule has 6 aromatic heterocycles. The second-order valence-electron chi connectivity index (χ2n) is 17.7. The molecule has 0 unspecified atom stereocenters. The molecule has 67 heavy (non-hydrogen) atoms. The summed E-state index contributed by atoms with van der Waals surface area (Å²) in [7, 11) is 3.70. The smallest absolute Gasteiger partial charge is 0.309 e. The Labute approximate surface area is 384 Å². The maximum absolute atomic E-state index is 15.4. The second kappa shape index (κ2) is 17.6. The van der Waals surface area contributed by atoms with Crippen molar-refractivity contribution < 1.29 is 18.8 Å². The SMILES string of the molecule is Cc1cc(-c2ccnc3nc(-c4cnn(C)c4)[nH]c23)ccc1CNC(=O)C(N)=O.Cn1cc(-c2nc3nccc(-c4ccc(CN5CCc6cc(C(C)(C)C)ccc6C5=O)c(F)c4)c3[nH]2)cn1. The van der Waals surface area contributed by atoms with E-state index in [1.165, 1.54) is 11.6 Å². The van der Waals surface area contributed by atoms with Gasteiger partial charge >= 0.3 is 11.8 Å². The summed E-state index contributed by atoms with van der Waals surface area (Å²) >= 11 is 0. The summed E-state index contributed by atoms with van der Waals surface area (Å²) in [6, 6.07) is 20.9. The van der Waals surface area contributed by atoms with Crippen molar-refractivity contribution in [2.45, 2.75) is 52.6 Å². The highest BCUT2D eigenvalue weighted by atomic mass is 19.1. The van der Waals surface area contributed by atoms with Crippen molar-refractivity contribution in [1.29, 1.82) is 0 Å². The van der Waals surface area contributed by atoms with Crippen LogP contribution >= 0.6 is 0 Å². The Morgan fingerprint density at radius 2 is 1.34 bits per heavy atom. The zero-order chi connectivity index (χ0) is 47.1. The Kier molecular flexibility index (Phi) is 11.5. The number of benzene rings is 3. The maximum atomic E-state index is 15.4. The van der Waals surface area contributed by atoms with Crippen molar-refractivity contribution in [2.24, 2.45) is 19.8 Å². The van der Waals surface area contributed by atoms with E-state index in [1.54, 1.807) is 45.1 Å². The number of hydrogen-bond acceptors (Lipinski definition) is 9. The Bertz CT molecular complexity index is 3370. The Morgan fingerprint density at radius 1 is 0.761 bits per heavy atom. The van der Waals surface area contributed by atoms with E-state index in [-0.39, 0.29) is 30.2 Å². The first-order chi connectivity index (χ1) is 32.1. The topological polar surface area (TPSA) is 211 Å². The number of nitrogens with two attached hydrogens (primary N) is 1. The fourth-order valence-corrected chi connectivity index (χ4v) is 8.19. The number of rotatable bonds is 8. The van der Waals surface area contributed by atoms with Crippen LogP contribution in [0.15, 0.2) is 104 Å². The molecular weight excluding hydrogens is 850 g/mol. The number of amides is 3. The van der Waals surface area contributed by atoms with Gasteiger partial charge in [0.15, 0.2) is 11.3 Å². The van der Waals surface area contributed by atoms with E-state index in [0.717, 1.165) is 62.0 Å². The Morgan fingerprint density at radius 3 is 1.87 bits per heavy atom. The molecule has 17 heteroatoms. The molecule has 0 bridgehead atoms. The van der Waals surface area contributed by atoms with E-state index in [4.69, 9.17) is 5.73 Å². The first-order valence-electron chi connectivity index (χ1n) is 21.7. The third-order valence-corrected chi connectivity index (χ3v) is 11.9. The average molecular weight is 898 g/mol. The first-order valence-corrected chi connectivity index (χ1v) is 21.7. The lowest BCUT2D eigenvalue weighted by atomic mass is 9.84. The second-order valence-corrected chi connectivity index (χ2v) is 17.7. The molecule has 0 saturated heterocycles. The van der Waals surface area contributed by atoms with Crippen molar-refractivity contribution in [3.8, 4) is 45.0 Å². The van der Waals surface area contributed by atoms with Crippen molar-refractivity contribution in [3.05, 3.63) is 143 Å². The maximum Gasteiger partial charge on any atom is 0.309 e. The fourth-order valence-electron chi connectivity index (χ4n) is 8.19. The molecule has 0 atom stereocenters. The lowest BCUT2D eigenvalue weighted by molar-refractivity contribution is -0.137. The Balaban J connectivity index is 0.000000174. The van der Waals surface area contributed by atoms with Crippen LogP contribution in [0.4, 0.5) is 4.39 Å². The predicted molar refractivity (Wildman–Crippen MR) is 252 cm³/mol. The summed E-state index contributed by atoms with van der Waals surface area (Å²) in [5.74, 6) is -0.835. The van der Waals surface area contributed by atoms with Crippen LogP contribution in [0.25, 0.3) is 67.4 Å². The number of fused-ring (bicyclic) bond motifs is 3. The number of imidazole rings is 2. The van der Waals surface area contributed by atoms with Gasteiger partial charge in [-0.05, 0) is 76.4 Å². The van der Waals surface area contributed by atoms with E-state index in [0.29, 0.717) is 46.2 Å². The molecular formula is C50H48FN13O3. The number of pyridine rings is 2.